The van der Waals surface area contributed by atoms with E-state index in [0.29, 0.717) is 0 Å². The van der Waals surface area contributed by atoms with Crippen molar-refractivity contribution in [1.29, 1.82) is 0 Å². The zero-order chi connectivity index (χ0) is 11.2. The lowest BCUT2D eigenvalue weighted by Gasteiger charge is -2.14. The number of benzene rings is 1. The van der Waals surface area contributed by atoms with E-state index in [0.717, 1.165) is 43.1 Å². The number of rotatable bonds is 3. The van der Waals surface area contributed by atoms with Gasteiger partial charge in [-0.2, -0.15) is 0 Å². The molecule has 1 aromatic carbocycles. The topological polar surface area (TPSA) is 29.5 Å². The largest absolute Gasteiger partial charge is 0.493 e. The first-order chi connectivity index (χ1) is 7.72. The Morgan fingerprint density at radius 1 is 1.38 bits per heavy atom. The van der Waals surface area contributed by atoms with Gasteiger partial charge in [0.1, 0.15) is 5.75 Å². The summed E-state index contributed by atoms with van der Waals surface area (Å²) in [7, 11) is 0. The van der Waals surface area contributed by atoms with E-state index in [-0.39, 0.29) is 12.0 Å². The summed E-state index contributed by atoms with van der Waals surface area (Å²) < 4.78 is 5.66. The highest BCUT2D eigenvalue weighted by molar-refractivity contribution is 6.30. The van der Waals surface area contributed by atoms with E-state index in [9.17, 15) is 5.11 Å². The summed E-state index contributed by atoms with van der Waals surface area (Å²) in [5.74, 6) is 1.02. The van der Waals surface area contributed by atoms with Crippen LogP contribution in [-0.4, -0.2) is 18.3 Å². The second kappa shape index (κ2) is 3.64. The molecule has 0 atom stereocenters. The van der Waals surface area contributed by atoms with Crippen molar-refractivity contribution in [3.8, 4) is 5.75 Å². The minimum absolute atomic E-state index is 0.115. The Bertz CT molecular complexity index is 424. The number of aliphatic hydroxyl groups is 1. The lowest BCUT2D eigenvalue weighted by Crippen LogP contribution is -2.10. The van der Waals surface area contributed by atoms with E-state index in [1.165, 1.54) is 11.1 Å². The van der Waals surface area contributed by atoms with Crippen molar-refractivity contribution in [2.75, 3.05) is 13.2 Å². The Balaban J connectivity index is 1.94. The molecule has 1 aliphatic heterocycles. The van der Waals surface area contributed by atoms with Crippen LogP contribution in [0.5, 0.6) is 5.75 Å². The van der Waals surface area contributed by atoms with Crippen molar-refractivity contribution < 1.29 is 9.84 Å². The van der Waals surface area contributed by atoms with E-state index in [1.54, 1.807) is 0 Å². The molecule has 0 saturated heterocycles. The van der Waals surface area contributed by atoms with E-state index in [2.05, 4.69) is 0 Å². The van der Waals surface area contributed by atoms with Crippen LogP contribution in [0.4, 0.5) is 0 Å². The molecule has 1 N–H and O–H groups in total. The average molecular weight is 239 g/mol. The Morgan fingerprint density at radius 2 is 2.19 bits per heavy atom. The summed E-state index contributed by atoms with van der Waals surface area (Å²) >= 11 is 6.10. The molecule has 0 bridgehead atoms. The Hall–Kier alpha value is -0.730. The molecule has 16 heavy (non-hydrogen) atoms. The molecule has 0 aromatic heterocycles. The summed E-state index contributed by atoms with van der Waals surface area (Å²) in [5.41, 5.74) is 2.51. The SMILES string of the molecule is OCC1(Cc2cc(Cl)cc3c2OCC3)CC1. The zero-order valence-corrected chi connectivity index (χ0v) is 9.89. The highest BCUT2D eigenvalue weighted by Crippen LogP contribution is 2.50. The molecule has 3 rings (SSSR count). The van der Waals surface area contributed by atoms with Crippen molar-refractivity contribution >= 4 is 11.6 Å². The maximum Gasteiger partial charge on any atom is 0.125 e. The fourth-order valence-corrected chi connectivity index (χ4v) is 2.71. The third-order valence-corrected chi connectivity index (χ3v) is 3.90. The smallest absolute Gasteiger partial charge is 0.125 e. The van der Waals surface area contributed by atoms with Crippen LogP contribution in [-0.2, 0) is 12.8 Å². The first kappa shape index (κ1) is 10.4. The predicted molar refractivity (Wildman–Crippen MR) is 63.1 cm³/mol. The van der Waals surface area contributed by atoms with E-state index < -0.39 is 0 Å². The summed E-state index contributed by atoms with van der Waals surface area (Å²) in [4.78, 5) is 0. The summed E-state index contributed by atoms with van der Waals surface area (Å²) in [6.07, 6.45) is 4.08. The third kappa shape index (κ3) is 1.70. The van der Waals surface area contributed by atoms with Gasteiger partial charge < -0.3 is 9.84 Å². The molecule has 0 spiro atoms. The summed E-state index contributed by atoms with van der Waals surface area (Å²) in [6, 6.07) is 3.98. The van der Waals surface area contributed by atoms with Crippen LogP contribution >= 0.6 is 11.6 Å². The Labute approximate surface area is 100 Å². The monoisotopic (exact) mass is 238 g/mol. The van der Waals surface area contributed by atoms with Crippen molar-refractivity contribution in [3.05, 3.63) is 28.3 Å². The molecule has 86 valence electrons. The van der Waals surface area contributed by atoms with Crippen LogP contribution in [0.1, 0.15) is 24.0 Å². The van der Waals surface area contributed by atoms with Gasteiger partial charge in [0.15, 0.2) is 0 Å². The molecule has 1 aromatic rings. The van der Waals surface area contributed by atoms with Gasteiger partial charge in [-0.15, -0.1) is 0 Å². The highest BCUT2D eigenvalue weighted by Gasteiger charge is 2.42. The number of fused-ring (bicyclic) bond motifs is 1. The maximum absolute atomic E-state index is 9.36. The van der Waals surface area contributed by atoms with E-state index in [4.69, 9.17) is 16.3 Å². The first-order valence-electron chi connectivity index (χ1n) is 5.77. The first-order valence-corrected chi connectivity index (χ1v) is 6.15. The second-order valence-electron chi connectivity index (χ2n) is 4.99. The second-order valence-corrected chi connectivity index (χ2v) is 5.42. The molecule has 0 amide bonds. The third-order valence-electron chi connectivity index (χ3n) is 3.68. The average Bonchev–Trinajstić information content (AvgIpc) is 2.87. The van der Waals surface area contributed by atoms with Crippen LogP contribution in [0.25, 0.3) is 0 Å². The van der Waals surface area contributed by atoms with Gasteiger partial charge in [0, 0.05) is 18.1 Å². The van der Waals surface area contributed by atoms with Crippen LogP contribution in [0.15, 0.2) is 12.1 Å². The standard InChI is InChI=1S/C13H15ClO2/c14-11-5-9-1-4-16-12(9)10(6-11)7-13(8-15)2-3-13/h5-6,15H,1-4,7-8H2. The summed E-state index contributed by atoms with van der Waals surface area (Å²) in [6.45, 7) is 1.03. The summed E-state index contributed by atoms with van der Waals surface area (Å²) in [5, 5.41) is 10.1. The number of hydrogen-bond donors (Lipinski definition) is 1. The fraction of sp³-hybridized carbons (Fsp3) is 0.538. The molecule has 1 saturated carbocycles. The number of aliphatic hydroxyl groups excluding tert-OH is 1. The molecule has 2 nitrogen and oxygen atoms in total. The molecule has 0 unspecified atom stereocenters. The quantitative estimate of drug-likeness (QED) is 0.877. The number of halogens is 1. The van der Waals surface area contributed by atoms with E-state index in [1.807, 2.05) is 12.1 Å². The van der Waals surface area contributed by atoms with Crippen molar-refractivity contribution in [2.45, 2.75) is 25.7 Å². The minimum atomic E-state index is 0.115. The molecule has 1 aliphatic carbocycles. The number of ether oxygens (including phenoxy) is 1. The van der Waals surface area contributed by atoms with Crippen molar-refractivity contribution in [1.82, 2.24) is 0 Å². The van der Waals surface area contributed by atoms with Gasteiger partial charge >= 0.3 is 0 Å². The molecule has 3 heteroatoms. The van der Waals surface area contributed by atoms with Gasteiger partial charge in [-0.1, -0.05) is 11.6 Å². The van der Waals surface area contributed by atoms with Crippen molar-refractivity contribution in [2.24, 2.45) is 5.41 Å². The molecular weight excluding hydrogens is 224 g/mol. The van der Waals surface area contributed by atoms with Crippen LogP contribution in [0.3, 0.4) is 0 Å². The Morgan fingerprint density at radius 3 is 2.88 bits per heavy atom. The van der Waals surface area contributed by atoms with Gasteiger partial charge in [0.05, 0.1) is 6.61 Å². The van der Waals surface area contributed by atoms with Gasteiger partial charge in [0.2, 0.25) is 0 Å². The lowest BCUT2D eigenvalue weighted by atomic mass is 9.95. The van der Waals surface area contributed by atoms with Gasteiger partial charge in [-0.25, -0.2) is 0 Å². The van der Waals surface area contributed by atoms with Gasteiger partial charge in [0.25, 0.3) is 0 Å². The van der Waals surface area contributed by atoms with Crippen LogP contribution in [0.2, 0.25) is 5.02 Å². The van der Waals surface area contributed by atoms with Crippen LogP contribution < -0.4 is 4.74 Å². The lowest BCUT2D eigenvalue weighted by molar-refractivity contribution is 0.210. The molecule has 1 heterocycles. The van der Waals surface area contributed by atoms with Crippen molar-refractivity contribution in [3.63, 3.8) is 0 Å². The van der Waals surface area contributed by atoms with E-state index >= 15 is 0 Å². The molecule has 0 radical (unpaired) electrons. The van der Waals surface area contributed by atoms with Gasteiger partial charge in [-0.05, 0) is 47.9 Å². The molecule has 1 fully saturated rings. The minimum Gasteiger partial charge on any atom is -0.493 e. The highest BCUT2D eigenvalue weighted by atomic mass is 35.5. The molecule has 2 aliphatic rings. The number of hydrogen-bond acceptors (Lipinski definition) is 2. The van der Waals surface area contributed by atoms with Crippen LogP contribution in [0, 0.1) is 5.41 Å². The molecular formula is C13H15ClO2. The fourth-order valence-electron chi connectivity index (χ4n) is 2.45. The Kier molecular flexibility index (Phi) is 2.37. The zero-order valence-electron chi connectivity index (χ0n) is 9.13. The normalized spacial score (nSPS) is 20.4. The maximum atomic E-state index is 9.36. The predicted octanol–water partition coefficient (Wildman–Crippen LogP) is 2.59. The van der Waals surface area contributed by atoms with Gasteiger partial charge in [-0.3, -0.25) is 0 Å².